The summed E-state index contributed by atoms with van der Waals surface area (Å²) in [5.74, 6) is 0.703. The van der Waals surface area contributed by atoms with Crippen LogP contribution in [0.25, 0.3) is 0 Å². The van der Waals surface area contributed by atoms with Crippen LogP contribution >= 0.6 is 23.2 Å². The Bertz CT molecular complexity index is 326. The van der Waals surface area contributed by atoms with E-state index in [2.05, 4.69) is 0 Å². The van der Waals surface area contributed by atoms with Gasteiger partial charge in [0.25, 0.3) is 0 Å². The molecule has 4 heteroatoms. The minimum Gasteiger partial charge on any atom is -0.489 e. The first-order valence-corrected chi connectivity index (χ1v) is 4.96. The molecule has 0 spiro atoms. The number of hydrogen-bond acceptors (Lipinski definition) is 2. The number of halogens is 2. The van der Waals surface area contributed by atoms with Gasteiger partial charge in [-0.05, 0) is 18.2 Å². The second kappa shape index (κ2) is 5.91. The third kappa shape index (κ3) is 2.91. The molecule has 2 N–H and O–H groups in total. The number of hydrogen-bond donors (Lipinski definition) is 1. The molecule has 0 aliphatic carbocycles. The molecule has 2 nitrogen and oxygen atoms in total. The molecule has 0 fully saturated rings. The highest BCUT2D eigenvalue weighted by Crippen LogP contribution is 2.25. The SMILES string of the molecule is NCc1c(Cl)cccc1OC/C=C/Cl. The first-order valence-electron chi connectivity index (χ1n) is 4.15. The molecule has 76 valence electrons. The molecule has 0 saturated heterocycles. The van der Waals surface area contributed by atoms with Crippen molar-refractivity contribution < 1.29 is 4.74 Å². The Balaban J connectivity index is 2.79. The molecular formula is C10H11Cl2NO. The molecule has 1 aromatic rings. The molecule has 0 aliphatic rings. The van der Waals surface area contributed by atoms with E-state index in [1.54, 1.807) is 12.1 Å². The Morgan fingerprint density at radius 1 is 1.43 bits per heavy atom. The van der Waals surface area contributed by atoms with Gasteiger partial charge in [-0.25, -0.2) is 0 Å². The average Bonchev–Trinajstić information content (AvgIpc) is 2.18. The summed E-state index contributed by atoms with van der Waals surface area (Å²) in [5, 5.41) is 0.625. The Morgan fingerprint density at radius 2 is 2.21 bits per heavy atom. The van der Waals surface area contributed by atoms with E-state index in [1.165, 1.54) is 5.54 Å². The third-order valence-electron chi connectivity index (χ3n) is 1.70. The van der Waals surface area contributed by atoms with Gasteiger partial charge in [0.05, 0.1) is 0 Å². The lowest BCUT2D eigenvalue weighted by molar-refractivity contribution is 0.359. The van der Waals surface area contributed by atoms with Gasteiger partial charge in [-0.3, -0.25) is 0 Å². The van der Waals surface area contributed by atoms with E-state index in [4.69, 9.17) is 33.7 Å². The predicted molar refractivity (Wildman–Crippen MR) is 59.8 cm³/mol. The van der Waals surface area contributed by atoms with Crippen molar-refractivity contribution in [1.29, 1.82) is 0 Å². The standard InChI is InChI=1S/C10H11Cl2NO/c11-5-2-6-14-10-4-1-3-9(12)8(10)7-13/h1-5H,6-7,13H2/b5-2+. The fourth-order valence-corrected chi connectivity index (χ4v) is 1.36. The second-order valence-corrected chi connectivity index (χ2v) is 3.25. The van der Waals surface area contributed by atoms with Crippen LogP contribution in [0.1, 0.15) is 5.56 Å². The van der Waals surface area contributed by atoms with E-state index in [1.807, 2.05) is 12.1 Å². The zero-order chi connectivity index (χ0) is 10.4. The highest BCUT2D eigenvalue weighted by atomic mass is 35.5. The summed E-state index contributed by atoms with van der Waals surface area (Å²) in [5.41, 5.74) is 7.77. The van der Waals surface area contributed by atoms with Gasteiger partial charge < -0.3 is 10.5 Å². The van der Waals surface area contributed by atoms with E-state index in [9.17, 15) is 0 Å². The Labute approximate surface area is 93.3 Å². The lowest BCUT2D eigenvalue weighted by Crippen LogP contribution is -2.03. The summed E-state index contributed by atoms with van der Waals surface area (Å²) in [4.78, 5) is 0. The minimum absolute atomic E-state index is 0.361. The first kappa shape index (κ1) is 11.4. The van der Waals surface area contributed by atoms with Crippen molar-refractivity contribution in [3.8, 4) is 5.75 Å². The van der Waals surface area contributed by atoms with Crippen molar-refractivity contribution in [1.82, 2.24) is 0 Å². The van der Waals surface area contributed by atoms with Crippen molar-refractivity contribution in [3.63, 3.8) is 0 Å². The molecule has 0 atom stereocenters. The Morgan fingerprint density at radius 3 is 2.86 bits per heavy atom. The van der Waals surface area contributed by atoms with E-state index in [-0.39, 0.29) is 0 Å². The van der Waals surface area contributed by atoms with Crippen LogP contribution < -0.4 is 10.5 Å². The van der Waals surface area contributed by atoms with Gasteiger partial charge in [0, 0.05) is 22.7 Å². The van der Waals surface area contributed by atoms with E-state index in [0.717, 1.165) is 5.56 Å². The highest BCUT2D eigenvalue weighted by Gasteiger charge is 2.04. The van der Waals surface area contributed by atoms with Crippen LogP contribution in [0.3, 0.4) is 0 Å². The second-order valence-electron chi connectivity index (χ2n) is 2.59. The maximum absolute atomic E-state index is 5.94. The molecule has 0 bridgehead atoms. The quantitative estimate of drug-likeness (QED) is 0.866. The van der Waals surface area contributed by atoms with Crippen LogP contribution in [-0.4, -0.2) is 6.61 Å². The fraction of sp³-hybridized carbons (Fsp3) is 0.200. The lowest BCUT2D eigenvalue weighted by Gasteiger charge is -2.09. The summed E-state index contributed by atoms with van der Waals surface area (Å²) < 4.78 is 5.41. The predicted octanol–water partition coefficient (Wildman–Crippen LogP) is 2.93. The zero-order valence-electron chi connectivity index (χ0n) is 7.54. The van der Waals surface area contributed by atoms with Crippen LogP contribution in [-0.2, 0) is 6.54 Å². The van der Waals surface area contributed by atoms with Crippen molar-refractivity contribution in [2.45, 2.75) is 6.54 Å². The number of benzene rings is 1. The van der Waals surface area contributed by atoms with Crippen LogP contribution in [0.2, 0.25) is 5.02 Å². The van der Waals surface area contributed by atoms with Gasteiger partial charge in [0.1, 0.15) is 12.4 Å². The molecule has 0 aliphatic heterocycles. The van der Waals surface area contributed by atoms with Crippen molar-refractivity contribution in [2.75, 3.05) is 6.61 Å². The van der Waals surface area contributed by atoms with Crippen molar-refractivity contribution >= 4 is 23.2 Å². The summed E-state index contributed by atoms with van der Waals surface area (Å²) in [6, 6.07) is 5.44. The van der Waals surface area contributed by atoms with Gasteiger partial charge in [-0.2, -0.15) is 0 Å². The summed E-state index contributed by atoms with van der Waals surface area (Å²) >= 11 is 11.3. The van der Waals surface area contributed by atoms with Gasteiger partial charge in [-0.15, -0.1) is 0 Å². The lowest BCUT2D eigenvalue weighted by atomic mass is 10.2. The Kier molecular flexibility index (Phi) is 4.80. The molecular weight excluding hydrogens is 221 g/mol. The van der Waals surface area contributed by atoms with Crippen LogP contribution in [0.5, 0.6) is 5.75 Å². The normalized spacial score (nSPS) is 10.8. The molecule has 0 saturated carbocycles. The average molecular weight is 232 g/mol. The molecule has 14 heavy (non-hydrogen) atoms. The minimum atomic E-state index is 0.361. The maximum Gasteiger partial charge on any atom is 0.125 e. The van der Waals surface area contributed by atoms with Gasteiger partial charge in [0.2, 0.25) is 0 Å². The smallest absolute Gasteiger partial charge is 0.125 e. The molecule has 0 heterocycles. The monoisotopic (exact) mass is 231 g/mol. The number of nitrogens with two attached hydrogens (primary N) is 1. The van der Waals surface area contributed by atoms with Gasteiger partial charge in [-0.1, -0.05) is 29.3 Å². The molecule has 0 aromatic heterocycles. The largest absolute Gasteiger partial charge is 0.489 e. The van der Waals surface area contributed by atoms with Crippen molar-refractivity contribution in [3.05, 3.63) is 40.4 Å². The highest BCUT2D eigenvalue weighted by molar-refractivity contribution is 6.31. The fourth-order valence-electron chi connectivity index (χ4n) is 1.05. The molecule has 1 rings (SSSR count). The Hall–Kier alpha value is -0.700. The molecule has 1 aromatic carbocycles. The topological polar surface area (TPSA) is 35.2 Å². The van der Waals surface area contributed by atoms with E-state index >= 15 is 0 Å². The van der Waals surface area contributed by atoms with E-state index < -0.39 is 0 Å². The number of ether oxygens (including phenoxy) is 1. The van der Waals surface area contributed by atoms with Crippen molar-refractivity contribution in [2.24, 2.45) is 5.73 Å². The summed E-state index contributed by atoms with van der Waals surface area (Å²) in [7, 11) is 0. The maximum atomic E-state index is 5.94. The number of rotatable bonds is 4. The summed E-state index contributed by atoms with van der Waals surface area (Å²) in [6.07, 6.45) is 1.70. The molecule has 0 unspecified atom stereocenters. The molecule has 0 radical (unpaired) electrons. The van der Waals surface area contributed by atoms with Crippen LogP contribution in [0.4, 0.5) is 0 Å². The molecule has 0 amide bonds. The van der Waals surface area contributed by atoms with Gasteiger partial charge in [0.15, 0.2) is 0 Å². The van der Waals surface area contributed by atoms with Crippen LogP contribution in [0.15, 0.2) is 29.8 Å². The first-order chi connectivity index (χ1) is 6.79. The third-order valence-corrected chi connectivity index (χ3v) is 2.24. The van der Waals surface area contributed by atoms with E-state index in [0.29, 0.717) is 23.9 Å². The van der Waals surface area contributed by atoms with Gasteiger partial charge >= 0.3 is 0 Å². The zero-order valence-corrected chi connectivity index (χ0v) is 9.05. The summed E-state index contributed by atoms with van der Waals surface area (Å²) in [6.45, 7) is 0.774. The van der Waals surface area contributed by atoms with Crippen LogP contribution in [0, 0.1) is 0 Å².